The standard InChI is InChI=1S/C14H10O4/c1-17-14-9(15)6-7-11-12(14)13(16)8-4-2-3-5-10(8)18-11/h2-7,15H,1H3. The summed E-state index contributed by atoms with van der Waals surface area (Å²) < 4.78 is 10.7. The fourth-order valence-electron chi connectivity index (χ4n) is 2.06. The highest BCUT2D eigenvalue weighted by molar-refractivity contribution is 5.94. The van der Waals surface area contributed by atoms with Crippen molar-refractivity contribution >= 4 is 21.9 Å². The second-order valence-electron chi connectivity index (χ2n) is 3.92. The van der Waals surface area contributed by atoms with Gasteiger partial charge in [0.05, 0.1) is 12.5 Å². The van der Waals surface area contributed by atoms with Crippen LogP contribution in [0.1, 0.15) is 0 Å². The summed E-state index contributed by atoms with van der Waals surface area (Å²) >= 11 is 0. The van der Waals surface area contributed by atoms with Crippen molar-refractivity contribution < 1.29 is 14.3 Å². The molecular formula is C14H10O4. The minimum Gasteiger partial charge on any atom is -0.504 e. The van der Waals surface area contributed by atoms with Crippen LogP contribution >= 0.6 is 0 Å². The van der Waals surface area contributed by atoms with Gasteiger partial charge in [0.2, 0.25) is 5.43 Å². The van der Waals surface area contributed by atoms with Gasteiger partial charge >= 0.3 is 0 Å². The summed E-state index contributed by atoms with van der Waals surface area (Å²) in [5.41, 5.74) is 0.704. The predicted molar refractivity (Wildman–Crippen MR) is 68.2 cm³/mol. The van der Waals surface area contributed by atoms with Gasteiger partial charge in [0.1, 0.15) is 16.6 Å². The molecule has 18 heavy (non-hydrogen) atoms. The van der Waals surface area contributed by atoms with Crippen molar-refractivity contribution in [2.45, 2.75) is 0 Å². The number of rotatable bonds is 1. The molecule has 3 rings (SSSR count). The third-order valence-corrected chi connectivity index (χ3v) is 2.88. The molecule has 2 aromatic carbocycles. The van der Waals surface area contributed by atoms with E-state index in [1.165, 1.54) is 13.2 Å². The van der Waals surface area contributed by atoms with Crippen LogP contribution in [0.5, 0.6) is 11.5 Å². The molecule has 0 aliphatic carbocycles. The number of aromatic hydroxyl groups is 1. The Hall–Kier alpha value is -2.49. The van der Waals surface area contributed by atoms with Crippen LogP contribution < -0.4 is 10.2 Å². The minimum atomic E-state index is -0.209. The lowest BCUT2D eigenvalue weighted by atomic mass is 10.1. The van der Waals surface area contributed by atoms with Crippen LogP contribution in [0, 0.1) is 0 Å². The maximum atomic E-state index is 12.4. The maximum absolute atomic E-state index is 12.4. The Morgan fingerprint density at radius 2 is 1.89 bits per heavy atom. The first-order chi connectivity index (χ1) is 8.72. The van der Waals surface area contributed by atoms with Crippen LogP contribution in [0.15, 0.2) is 45.6 Å². The Balaban J connectivity index is 2.61. The van der Waals surface area contributed by atoms with Crippen LogP contribution in [-0.2, 0) is 0 Å². The summed E-state index contributed by atoms with van der Waals surface area (Å²) in [7, 11) is 1.41. The van der Waals surface area contributed by atoms with E-state index in [0.29, 0.717) is 16.6 Å². The van der Waals surface area contributed by atoms with E-state index in [1.807, 2.05) is 0 Å². The number of benzene rings is 2. The van der Waals surface area contributed by atoms with Crippen LogP contribution in [0.4, 0.5) is 0 Å². The second kappa shape index (κ2) is 3.77. The molecule has 4 nitrogen and oxygen atoms in total. The molecule has 4 heteroatoms. The topological polar surface area (TPSA) is 59.7 Å². The van der Waals surface area contributed by atoms with Crippen molar-refractivity contribution in [3.63, 3.8) is 0 Å². The molecule has 0 saturated carbocycles. The zero-order valence-electron chi connectivity index (χ0n) is 9.64. The van der Waals surface area contributed by atoms with Gasteiger partial charge in [0.25, 0.3) is 0 Å². The minimum absolute atomic E-state index is 0.0763. The summed E-state index contributed by atoms with van der Waals surface area (Å²) in [5.74, 6) is 0.0691. The van der Waals surface area contributed by atoms with Gasteiger partial charge in [-0.1, -0.05) is 12.1 Å². The number of phenols is 1. The molecule has 0 bridgehead atoms. The van der Waals surface area contributed by atoms with Crippen LogP contribution in [0.2, 0.25) is 0 Å². The Bertz CT molecular complexity index is 802. The molecule has 0 amide bonds. The van der Waals surface area contributed by atoms with Crippen LogP contribution in [-0.4, -0.2) is 12.2 Å². The van der Waals surface area contributed by atoms with E-state index in [1.54, 1.807) is 30.3 Å². The molecule has 1 N–H and O–H groups in total. The highest BCUT2D eigenvalue weighted by Gasteiger charge is 2.14. The number of fused-ring (bicyclic) bond motifs is 2. The number of phenolic OH excluding ortho intramolecular Hbond substituents is 1. The van der Waals surface area contributed by atoms with Crippen molar-refractivity contribution in [1.29, 1.82) is 0 Å². The van der Waals surface area contributed by atoms with E-state index < -0.39 is 0 Å². The van der Waals surface area contributed by atoms with Crippen LogP contribution in [0.3, 0.4) is 0 Å². The molecule has 0 atom stereocenters. The quantitative estimate of drug-likeness (QED) is 0.666. The van der Waals surface area contributed by atoms with Gasteiger partial charge in [-0.2, -0.15) is 0 Å². The van der Waals surface area contributed by atoms with Crippen molar-refractivity contribution in [3.8, 4) is 11.5 Å². The summed E-state index contributed by atoms with van der Waals surface area (Å²) in [4.78, 5) is 12.4. The number of ether oxygens (including phenoxy) is 1. The third kappa shape index (κ3) is 1.35. The van der Waals surface area contributed by atoms with E-state index >= 15 is 0 Å². The first-order valence-corrected chi connectivity index (χ1v) is 5.44. The maximum Gasteiger partial charge on any atom is 0.204 e. The lowest BCUT2D eigenvalue weighted by Gasteiger charge is -2.07. The van der Waals surface area contributed by atoms with Gasteiger partial charge in [-0.3, -0.25) is 4.79 Å². The normalized spacial score (nSPS) is 10.9. The number of hydrogen-bond acceptors (Lipinski definition) is 4. The van der Waals surface area contributed by atoms with Crippen molar-refractivity contribution in [2.24, 2.45) is 0 Å². The fraction of sp³-hybridized carbons (Fsp3) is 0.0714. The van der Waals surface area contributed by atoms with E-state index in [0.717, 1.165) is 0 Å². The lowest BCUT2D eigenvalue weighted by Crippen LogP contribution is -2.04. The smallest absolute Gasteiger partial charge is 0.204 e. The van der Waals surface area contributed by atoms with Gasteiger partial charge in [-0.25, -0.2) is 0 Å². The van der Waals surface area contributed by atoms with Crippen molar-refractivity contribution in [2.75, 3.05) is 7.11 Å². The number of methoxy groups -OCH3 is 1. The summed E-state index contributed by atoms with van der Waals surface area (Å²) in [5, 5.41) is 10.4. The van der Waals surface area contributed by atoms with Gasteiger partial charge < -0.3 is 14.3 Å². The zero-order chi connectivity index (χ0) is 12.7. The molecule has 0 aliphatic heterocycles. The molecule has 0 unspecified atom stereocenters. The van der Waals surface area contributed by atoms with E-state index in [9.17, 15) is 9.90 Å². The van der Waals surface area contributed by atoms with Crippen molar-refractivity contribution in [3.05, 3.63) is 46.6 Å². The van der Waals surface area contributed by atoms with E-state index in [4.69, 9.17) is 9.15 Å². The zero-order valence-corrected chi connectivity index (χ0v) is 9.64. The van der Waals surface area contributed by atoms with Gasteiger partial charge in [-0.15, -0.1) is 0 Å². The molecule has 1 aromatic heterocycles. The average molecular weight is 242 g/mol. The Morgan fingerprint density at radius 3 is 2.67 bits per heavy atom. The molecule has 0 spiro atoms. The van der Waals surface area contributed by atoms with Gasteiger partial charge in [-0.05, 0) is 24.3 Å². The Kier molecular flexibility index (Phi) is 2.23. The molecular weight excluding hydrogens is 232 g/mol. The molecule has 3 aromatic rings. The molecule has 90 valence electrons. The van der Waals surface area contributed by atoms with E-state index in [-0.39, 0.29) is 22.3 Å². The summed E-state index contributed by atoms with van der Waals surface area (Å²) in [6, 6.07) is 9.98. The monoisotopic (exact) mass is 242 g/mol. The Morgan fingerprint density at radius 1 is 1.11 bits per heavy atom. The summed E-state index contributed by atoms with van der Waals surface area (Å²) in [6.45, 7) is 0. The summed E-state index contributed by atoms with van der Waals surface area (Å²) in [6.07, 6.45) is 0. The Labute approximate surface area is 102 Å². The molecule has 0 saturated heterocycles. The lowest BCUT2D eigenvalue weighted by molar-refractivity contribution is 0.377. The molecule has 0 fully saturated rings. The SMILES string of the molecule is COc1c(O)ccc2oc3ccccc3c(=O)c12. The average Bonchev–Trinajstić information content (AvgIpc) is 2.40. The number of para-hydroxylation sites is 1. The highest BCUT2D eigenvalue weighted by Crippen LogP contribution is 2.33. The first kappa shape index (κ1) is 10.7. The third-order valence-electron chi connectivity index (χ3n) is 2.88. The molecule has 0 radical (unpaired) electrons. The number of hydrogen-bond donors (Lipinski definition) is 1. The largest absolute Gasteiger partial charge is 0.504 e. The second-order valence-corrected chi connectivity index (χ2v) is 3.92. The van der Waals surface area contributed by atoms with Gasteiger partial charge in [0, 0.05) is 0 Å². The van der Waals surface area contributed by atoms with Crippen molar-refractivity contribution in [1.82, 2.24) is 0 Å². The molecule has 0 aliphatic rings. The first-order valence-electron chi connectivity index (χ1n) is 5.44. The fourth-order valence-corrected chi connectivity index (χ4v) is 2.06. The van der Waals surface area contributed by atoms with Gasteiger partial charge in [0.15, 0.2) is 11.5 Å². The van der Waals surface area contributed by atoms with Crippen LogP contribution in [0.25, 0.3) is 21.9 Å². The van der Waals surface area contributed by atoms with E-state index in [2.05, 4.69) is 0 Å². The predicted octanol–water partition coefficient (Wildman–Crippen LogP) is 2.66. The highest BCUT2D eigenvalue weighted by atomic mass is 16.5. The molecule has 1 heterocycles.